The Morgan fingerprint density at radius 1 is 1.69 bits per heavy atom. The number of aliphatic carboxylic acids is 1. The van der Waals surface area contributed by atoms with Crippen molar-refractivity contribution in [2.24, 2.45) is 11.3 Å². The fourth-order valence-corrected chi connectivity index (χ4v) is 2.46. The van der Waals surface area contributed by atoms with Crippen LogP contribution < -0.4 is 0 Å². The topological polar surface area (TPSA) is 63.6 Å². The van der Waals surface area contributed by atoms with E-state index in [1.54, 1.807) is 6.92 Å². The molecule has 0 aromatic carbocycles. The Balaban J connectivity index is 2.38. The van der Waals surface area contributed by atoms with Gasteiger partial charge < -0.3 is 9.84 Å². The van der Waals surface area contributed by atoms with Crippen molar-refractivity contribution in [1.29, 1.82) is 0 Å². The second kappa shape index (κ2) is 2.47. The van der Waals surface area contributed by atoms with Crippen LogP contribution in [-0.2, 0) is 14.3 Å². The van der Waals surface area contributed by atoms with E-state index in [-0.39, 0.29) is 12.1 Å². The molecule has 2 bridgehead atoms. The van der Waals surface area contributed by atoms with Crippen molar-refractivity contribution in [1.82, 2.24) is 0 Å². The molecule has 1 unspecified atom stereocenters. The lowest BCUT2D eigenvalue weighted by molar-refractivity contribution is -0.150. The summed E-state index contributed by atoms with van der Waals surface area (Å²) < 4.78 is 5.04. The first-order valence-corrected chi connectivity index (χ1v) is 4.49. The maximum absolute atomic E-state index is 11.4. The summed E-state index contributed by atoms with van der Waals surface area (Å²) in [5, 5.41) is 8.97. The van der Waals surface area contributed by atoms with Crippen molar-refractivity contribution in [3.05, 3.63) is 0 Å². The summed E-state index contributed by atoms with van der Waals surface area (Å²) in [6.07, 6.45) is 1.83. The Morgan fingerprint density at radius 3 is 2.85 bits per heavy atom. The van der Waals surface area contributed by atoms with Crippen LogP contribution in [0.1, 0.15) is 26.2 Å². The number of hydrogen-bond donors (Lipinski definition) is 1. The van der Waals surface area contributed by atoms with Crippen molar-refractivity contribution >= 4 is 11.9 Å². The van der Waals surface area contributed by atoms with Crippen LogP contribution in [0.4, 0.5) is 0 Å². The van der Waals surface area contributed by atoms with Gasteiger partial charge in [-0.15, -0.1) is 0 Å². The van der Waals surface area contributed by atoms with Gasteiger partial charge in [0, 0.05) is 0 Å². The highest BCUT2D eigenvalue weighted by Gasteiger charge is 2.59. The van der Waals surface area contributed by atoms with E-state index in [1.807, 2.05) is 0 Å². The van der Waals surface area contributed by atoms with E-state index >= 15 is 0 Å². The second-order valence-electron chi connectivity index (χ2n) is 4.07. The van der Waals surface area contributed by atoms with Gasteiger partial charge >= 0.3 is 11.9 Å². The molecule has 2 fully saturated rings. The molecular weight excluding hydrogens is 172 g/mol. The van der Waals surface area contributed by atoms with Gasteiger partial charge in [0.2, 0.25) is 0 Å². The number of hydrogen-bond acceptors (Lipinski definition) is 3. The minimum atomic E-state index is -0.905. The van der Waals surface area contributed by atoms with Crippen LogP contribution in [0.3, 0.4) is 0 Å². The Morgan fingerprint density at radius 2 is 2.38 bits per heavy atom. The third kappa shape index (κ3) is 0.975. The average molecular weight is 184 g/mol. The Bertz CT molecular complexity index is 273. The molecule has 2 aliphatic rings. The van der Waals surface area contributed by atoms with Crippen molar-refractivity contribution < 1.29 is 19.4 Å². The lowest BCUT2D eigenvalue weighted by Crippen LogP contribution is -2.40. The van der Waals surface area contributed by atoms with Gasteiger partial charge in [-0.3, -0.25) is 9.59 Å². The summed E-state index contributed by atoms with van der Waals surface area (Å²) in [4.78, 5) is 22.3. The summed E-state index contributed by atoms with van der Waals surface area (Å²) in [6.45, 7) is 1.70. The monoisotopic (exact) mass is 184 g/mol. The van der Waals surface area contributed by atoms with Gasteiger partial charge in [0.15, 0.2) is 0 Å². The number of carboxylic acids is 1. The molecule has 1 aliphatic carbocycles. The summed E-state index contributed by atoms with van der Waals surface area (Å²) in [6, 6.07) is 0. The van der Waals surface area contributed by atoms with E-state index in [1.165, 1.54) is 0 Å². The molecule has 1 aliphatic heterocycles. The van der Waals surface area contributed by atoms with Crippen LogP contribution in [0.5, 0.6) is 0 Å². The number of esters is 1. The zero-order chi connectivity index (χ0) is 9.64. The number of carbonyl (C=O) groups excluding carboxylic acids is 1. The molecule has 13 heavy (non-hydrogen) atoms. The molecule has 4 nitrogen and oxygen atoms in total. The molecule has 0 radical (unpaired) electrons. The SMILES string of the molecule is C[C@@]12CCC[C@@H](OC1=O)C2C(=O)O. The van der Waals surface area contributed by atoms with Gasteiger partial charge in [-0.1, -0.05) is 0 Å². The summed E-state index contributed by atoms with van der Waals surface area (Å²) in [7, 11) is 0. The molecule has 1 saturated carbocycles. The molecule has 0 aromatic rings. The van der Waals surface area contributed by atoms with Crippen LogP contribution in [-0.4, -0.2) is 23.1 Å². The Kier molecular flexibility index (Phi) is 1.62. The van der Waals surface area contributed by atoms with E-state index in [9.17, 15) is 9.59 Å². The van der Waals surface area contributed by atoms with Crippen LogP contribution in [0.2, 0.25) is 0 Å². The van der Waals surface area contributed by atoms with E-state index in [2.05, 4.69) is 0 Å². The van der Waals surface area contributed by atoms with Crippen LogP contribution in [0, 0.1) is 11.3 Å². The summed E-state index contributed by atoms with van der Waals surface area (Å²) in [5.74, 6) is -1.87. The smallest absolute Gasteiger partial charge is 0.313 e. The zero-order valence-electron chi connectivity index (χ0n) is 7.45. The van der Waals surface area contributed by atoms with Crippen LogP contribution in [0.25, 0.3) is 0 Å². The standard InChI is InChI=1S/C9H12O4/c1-9-4-2-3-5(13-8(9)12)6(9)7(10)11/h5-6H,2-4H2,1H3,(H,10,11)/t5-,6?,9+/m1/s1. The summed E-state index contributed by atoms with van der Waals surface area (Å²) >= 11 is 0. The molecule has 72 valence electrons. The van der Waals surface area contributed by atoms with Crippen LogP contribution in [0.15, 0.2) is 0 Å². The molecule has 0 amide bonds. The first kappa shape index (κ1) is 8.53. The molecule has 0 spiro atoms. The third-order valence-electron chi connectivity index (χ3n) is 3.23. The number of ether oxygens (including phenoxy) is 1. The molecular formula is C9H12O4. The van der Waals surface area contributed by atoms with Gasteiger partial charge in [0.25, 0.3) is 0 Å². The predicted molar refractivity (Wildman–Crippen MR) is 43.0 cm³/mol. The summed E-state index contributed by atoms with van der Waals surface area (Å²) in [5.41, 5.74) is -0.769. The van der Waals surface area contributed by atoms with Crippen molar-refractivity contribution in [3.8, 4) is 0 Å². The molecule has 1 N–H and O–H groups in total. The van der Waals surface area contributed by atoms with E-state index in [0.717, 1.165) is 6.42 Å². The quantitative estimate of drug-likeness (QED) is 0.612. The van der Waals surface area contributed by atoms with Gasteiger partial charge in [-0.05, 0) is 26.2 Å². The molecule has 0 aromatic heterocycles. The molecule has 4 heteroatoms. The minimum Gasteiger partial charge on any atom is -0.481 e. The highest BCUT2D eigenvalue weighted by atomic mass is 16.6. The molecule has 3 atom stereocenters. The lowest BCUT2D eigenvalue weighted by Gasteiger charge is -2.29. The number of fused-ring (bicyclic) bond motifs is 2. The predicted octanol–water partition coefficient (Wildman–Crippen LogP) is 0.803. The molecule has 1 saturated heterocycles. The van der Waals surface area contributed by atoms with Crippen molar-refractivity contribution in [3.63, 3.8) is 0 Å². The van der Waals surface area contributed by atoms with Gasteiger partial charge in [0.05, 0.1) is 5.41 Å². The number of rotatable bonds is 1. The highest BCUT2D eigenvalue weighted by Crippen LogP contribution is 2.49. The third-order valence-corrected chi connectivity index (χ3v) is 3.23. The lowest BCUT2D eigenvalue weighted by atomic mass is 9.68. The maximum atomic E-state index is 11.4. The van der Waals surface area contributed by atoms with E-state index in [4.69, 9.17) is 9.84 Å². The zero-order valence-corrected chi connectivity index (χ0v) is 7.45. The average Bonchev–Trinajstić information content (AvgIpc) is 2.16. The Hall–Kier alpha value is -1.06. The number of carbonyl (C=O) groups is 2. The van der Waals surface area contributed by atoms with E-state index in [0.29, 0.717) is 12.8 Å². The largest absolute Gasteiger partial charge is 0.481 e. The van der Waals surface area contributed by atoms with Gasteiger partial charge in [0.1, 0.15) is 12.0 Å². The second-order valence-corrected chi connectivity index (χ2v) is 4.07. The normalized spacial score (nSPS) is 43.0. The first-order chi connectivity index (χ1) is 6.05. The highest BCUT2D eigenvalue weighted by molar-refractivity contribution is 5.88. The fraction of sp³-hybridized carbons (Fsp3) is 0.778. The number of carboxylic acid groups (broad SMARTS) is 1. The van der Waals surface area contributed by atoms with Crippen LogP contribution >= 0.6 is 0 Å². The van der Waals surface area contributed by atoms with E-state index < -0.39 is 17.3 Å². The molecule has 2 rings (SSSR count). The van der Waals surface area contributed by atoms with Gasteiger partial charge in [-0.25, -0.2) is 0 Å². The Labute approximate surface area is 75.9 Å². The molecule has 1 heterocycles. The maximum Gasteiger partial charge on any atom is 0.313 e. The minimum absolute atomic E-state index is 0.331. The fourth-order valence-electron chi connectivity index (χ4n) is 2.46. The first-order valence-electron chi connectivity index (χ1n) is 4.49. The van der Waals surface area contributed by atoms with Gasteiger partial charge in [-0.2, -0.15) is 0 Å². The van der Waals surface area contributed by atoms with Crippen molar-refractivity contribution in [2.45, 2.75) is 32.3 Å². The van der Waals surface area contributed by atoms with Crippen molar-refractivity contribution in [2.75, 3.05) is 0 Å².